The molecule has 0 aromatic heterocycles. The second-order valence-corrected chi connectivity index (χ2v) is 5.18. The standard InChI is InChI=1S/C14H11BrN2O4/c1-8-10(3-2-4-11(8)15)14(19)16-12-6-5-9(17(20)21)7-13(12)18/h2-7,18H,1H3,(H,16,19). The van der Waals surface area contributed by atoms with E-state index in [1.807, 2.05) is 6.07 Å². The van der Waals surface area contributed by atoms with Gasteiger partial charge < -0.3 is 10.4 Å². The highest BCUT2D eigenvalue weighted by Gasteiger charge is 2.15. The van der Waals surface area contributed by atoms with E-state index in [9.17, 15) is 20.0 Å². The maximum Gasteiger partial charge on any atom is 0.273 e. The number of carbonyl (C=O) groups excluding carboxylic acids is 1. The lowest BCUT2D eigenvalue weighted by Gasteiger charge is -2.10. The van der Waals surface area contributed by atoms with Crippen LogP contribution in [0.5, 0.6) is 5.75 Å². The molecule has 0 atom stereocenters. The van der Waals surface area contributed by atoms with E-state index in [4.69, 9.17) is 0 Å². The molecule has 2 aromatic rings. The molecule has 0 bridgehead atoms. The van der Waals surface area contributed by atoms with Gasteiger partial charge in [0.15, 0.2) is 0 Å². The molecule has 2 N–H and O–H groups in total. The monoisotopic (exact) mass is 350 g/mol. The van der Waals surface area contributed by atoms with Crippen LogP contribution in [0, 0.1) is 17.0 Å². The zero-order chi connectivity index (χ0) is 15.6. The van der Waals surface area contributed by atoms with Crippen molar-refractivity contribution in [2.24, 2.45) is 0 Å². The zero-order valence-electron chi connectivity index (χ0n) is 11.0. The Bertz CT molecular complexity index is 731. The lowest BCUT2D eigenvalue weighted by molar-refractivity contribution is -0.384. The van der Waals surface area contributed by atoms with Crippen LogP contribution in [0.4, 0.5) is 11.4 Å². The minimum atomic E-state index is -0.621. The average Bonchev–Trinajstić information content (AvgIpc) is 2.43. The van der Waals surface area contributed by atoms with Crippen molar-refractivity contribution in [3.05, 3.63) is 62.1 Å². The lowest BCUT2D eigenvalue weighted by Crippen LogP contribution is -2.13. The fraction of sp³-hybridized carbons (Fsp3) is 0.0714. The summed E-state index contributed by atoms with van der Waals surface area (Å²) in [6, 6.07) is 8.68. The van der Waals surface area contributed by atoms with Gasteiger partial charge in [-0.25, -0.2) is 0 Å². The van der Waals surface area contributed by atoms with Crippen LogP contribution in [0.3, 0.4) is 0 Å². The molecule has 0 aliphatic carbocycles. The van der Waals surface area contributed by atoms with Gasteiger partial charge in [0.25, 0.3) is 11.6 Å². The molecule has 108 valence electrons. The Labute approximate surface area is 128 Å². The number of carbonyl (C=O) groups is 1. The largest absolute Gasteiger partial charge is 0.506 e. The topological polar surface area (TPSA) is 92.5 Å². The Morgan fingerprint density at radius 1 is 1.33 bits per heavy atom. The number of anilines is 1. The molecule has 0 saturated heterocycles. The number of phenols is 1. The van der Waals surface area contributed by atoms with E-state index in [0.29, 0.717) is 5.56 Å². The van der Waals surface area contributed by atoms with Crippen LogP contribution in [0.2, 0.25) is 0 Å². The molecule has 0 fully saturated rings. The minimum Gasteiger partial charge on any atom is -0.506 e. The van der Waals surface area contributed by atoms with Crippen LogP contribution in [0.15, 0.2) is 40.9 Å². The van der Waals surface area contributed by atoms with E-state index in [0.717, 1.165) is 16.1 Å². The molecule has 21 heavy (non-hydrogen) atoms. The van der Waals surface area contributed by atoms with Crippen molar-refractivity contribution in [1.29, 1.82) is 0 Å². The number of hydrogen-bond donors (Lipinski definition) is 2. The van der Waals surface area contributed by atoms with Gasteiger partial charge in [-0.15, -0.1) is 0 Å². The van der Waals surface area contributed by atoms with Crippen LogP contribution < -0.4 is 5.32 Å². The van der Waals surface area contributed by atoms with Crippen LogP contribution in [0.1, 0.15) is 15.9 Å². The van der Waals surface area contributed by atoms with Gasteiger partial charge in [0.05, 0.1) is 16.7 Å². The summed E-state index contributed by atoms with van der Waals surface area (Å²) in [6.45, 7) is 1.79. The summed E-state index contributed by atoms with van der Waals surface area (Å²) in [4.78, 5) is 22.2. The number of phenolic OH excluding ortho intramolecular Hbond substituents is 1. The van der Waals surface area contributed by atoms with Gasteiger partial charge in [0.2, 0.25) is 0 Å². The highest BCUT2D eigenvalue weighted by molar-refractivity contribution is 9.10. The zero-order valence-corrected chi connectivity index (χ0v) is 12.5. The van der Waals surface area contributed by atoms with Gasteiger partial charge in [-0.05, 0) is 30.7 Å². The molecule has 2 aromatic carbocycles. The first-order valence-corrected chi connectivity index (χ1v) is 6.73. The molecule has 1 amide bonds. The summed E-state index contributed by atoms with van der Waals surface area (Å²) in [7, 11) is 0. The average molecular weight is 351 g/mol. The molecule has 0 radical (unpaired) electrons. The van der Waals surface area contributed by atoms with Crippen LogP contribution >= 0.6 is 15.9 Å². The second kappa shape index (κ2) is 5.92. The highest BCUT2D eigenvalue weighted by atomic mass is 79.9. The van der Waals surface area contributed by atoms with Gasteiger partial charge >= 0.3 is 0 Å². The van der Waals surface area contributed by atoms with Gasteiger partial charge in [0.1, 0.15) is 5.75 Å². The molecular weight excluding hydrogens is 340 g/mol. The Hall–Kier alpha value is -2.41. The second-order valence-electron chi connectivity index (χ2n) is 4.33. The fourth-order valence-corrected chi connectivity index (χ4v) is 2.15. The molecule has 0 saturated carbocycles. The summed E-state index contributed by atoms with van der Waals surface area (Å²) in [5.41, 5.74) is 1.08. The molecule has 0 unspecified atom stereocenters. The van der Waals surface area contributed by atoms with E-state index in [1.165, 1.54) is 12.1 Å². The third kappa shape index (κ3) is 3.19. The predicted octanol–water partition coefficient (Wildman–Crippen LogP) is 3.62. The van der Waals surface area contributed by atoms with E-state index in [1.54, 1.807) is 19.1 Å². The summed E-state index contributed by atoms with van der Waals surface area (Å²) in [5.74, 6) is -0.761. The van der Waals surface area contributed by atoms with E-state index in [2.05, 4.69) is 21.2 Å². The first-order chi connectivity index (χ1) is 9.90. The van der Waals surface area contributed by atoms with Crippen molar-refractivity contribution >= 4 is 33.2 Å². The molecule has 6 nitrogen and oxygen atoms in total. The van der Waals surface area contributed by atoms with Gasteiger partial charge in [-0.1, -0.05) is 22.0 Å². The van der Waals surface area contributed by atoms with Gasteiger partial charge in [-0.2, -0.15) is 0 Å². The van der Waals surface area contributed by atoms with Gasteiger partial charge in [0, 0.05) is 16.1 Å². The molecule has 0 aliphatic rings. The summed E-state index contributed by atoms with van der Waals surface area (Å²) in [6.07, 6.45) is 0. The summed E-state index contributed by atoms with van der Waals surface area (Å²) < 4.78 is 0.795. The molecule has 0 heterocycles. The maximum atomic E-state index is 12.2. The van der Waals surface area contributed by atoms with Crippen molar-refractivity contribution in [2.45, 2.75) is 6.92 Å². The summed E-state index contributed by atoms with van der Waals surface area (Å²) in [5, 5.41) is 22.9. The Kier molecular flexibility index (Phi) is 4.23. The molecule has 0 spiro atoms. The first kappa shape index (κ1) is 15.0. The number of halogens is 1. The number of non-ortho nitro benzene ring substituents is 1. The van der Waals surface area contributed by atoms with Crippen molar-refractivity contribution < 1.29 is 14.8 Å². The number of nitrogens with zero attached hydrogens (tertiary/aromatic N) is 1. The number of nitro groups is 1. The highest BCUT2D eigenvalue weighted by Crippen LogP contribution is 2.29. The number of nitrogens with one attached hydrogen (secondary N) is 1. The summed E-state index contributed by atoms with van der Waals surface area (Å²) >= 11 is 3.34. The SMILES string of the molecule is Cc1c(Br)cccc1C(=O)Nc1ccc([N+](=O)[O-])cc1O. The number of aromatic hydroxyl groups is 1. The quantitative estimate of drug-likeness (QED) is 0.502. The third-order valence-electron chi connectivity index (χ3n) is 2.95. The molecule has 7 heteroatoms. The van der Waals surface area contributed by atoms with Crippen LogP contribution in [-0.4, -0.2) is 15.9 Å². The molecule has 2 rings (SSSR count). The number of amides is 1. The lowest BCUT2D eigenvalue weighted by atomic mass is 10.1. The van der Waals surface area contributed by atoms with Crippen molar-refractivity contribution in [2.75, 3.05) is 5.32 Å². The Balaban J connectivity index is 2.28. The maximum absolute atomic E-state index is 12.2. The fourth-order valence-electron chi connectivity index (χ4n) is 1.78. The van der Waals surface area contributed by atoms with Crippen molar-refractivity contribution in [1.82, 2.24) is 0 Å². The van der Waals surface area contributed by atoms with E-state index >= 15 is 0 Å². The van der Waals surface area contributed by atoms with E-state index < -0.39 is 10.8 Å². The van der Waals surface area contributed by atoms with Gasteiger partial charge in [-0.3, -0.25) is 14.9 Å². The van der Waals surface area contributed by atoms with E-state index in [-0.39, 0.29) is 17.1 Å². The Morgan fingerprint density at radius 3 is 2.67 bits per heavy atom. The minimum absolute atomic E-state index is 0.116. The number of benzene rings is 2. The van der Waals surface area contributed by atoms with Crippen molar-refractivity contribution in [3.63, 3.8) is 0 Å². The van der Waals surface area contributed by atoms with Crippen molar-refractivity contribution in [3.8, 4) is 5.75 Å². The Morgan fingerprint density at radius 2 is 2.05 bits per heavy atom. The number of nitro benzene ring substituents is 1. The normalized spacial score (nSPS) is 10.2. The van der Waals surface area contributed by atoms with Crippen LogP contribution in [-0.2, 0) is 0 Å². The van der Waals surface area contributed by atoms with Crippen LogP contribution in [0.25, 0.3) is 0 Å². The molecular formula is C14H11BrN2O4. The number of rotatable bonds is 3. The predicted molar refractivity (Wildman–Crippen MR) is 81.6 cm³/mol. The first-order valence-electron chi connectivity index (χ1n) is 5.94. The molecule has 0 aliphatic heterocycles. The third-order valence-corrected chi connectivity index (χ3v) is 3.81. The smallest absolute Gasteiger partial charge is 0.273 e. The number of hydrogen-bond acceptors (Lipinski definition) is 4.